The number of nitrogens with zero attached hydrogens (tertiary/aromatic N) is 3. The highest BCUT2D eigenvalue weighted by Crippen LogP contribution is 2.47. The van der Waals surface area contributed by atoms with Gasteiger partial charge in [0.05, 0.1) is 28.5 Å². The average Bonchev–Trinajstić information content (AvgIpc) is 3.34. The standard InChI is InChI=1S/C26H30N6O/c1-25(2)22(9-10-26(25,3)28-4)31-23-19(24(27)33)14-30-32-15-18(13-21(23)32)16-7-8-20-17(12-16)6-5-11-29-20/h5-8,11-15,22,28,31H,9-10H2,1-4H3,(H2,27,33)/t22-,26?/m1/s1. The quantitative estimate of drug-likeness (QED) is 0.430. The topological polar surface area (TPSA) is 97.3 Å². The Morgan fingerprint density at radius 3 is 2.73 bits per heavy atom. The lowest BCUT2D eigenvalue weighted by atomic mass is 9.74. The third-order valence-electron chi connectivity index (χ3n) is 7.94. The van der Waals surface area contributed by atoms with Crippen LogP contribution in [0.25, 0.3) is 27.5 Å². The fourth-order valence-corrected chi connectivity index (χ4v) is 5.18. The fourth-order valence-electron chi connectivity index (χ4n) is 5.18. The number of pyridine rings is 1. The first-order chi connectivity index (χ1) is 15.7. The molecule has 1 aromatic carbocycles. The molecule has 0 bridgehead atoms. The highest BCUT2D eigenvalue weighted by molar-refractivity contribution is 6.02. The number of carbonyl (C=O) groups excluding carboxylic acids is 1. The Labute approximate surface area is 193 Å². The van der Waals surface area contributed by atoms with Gasteiger partial charge in [0.2, 0.25) is 0 Å². The van der Waals surface area contributed by atoms with Gasteiger partial charge < -0.3 is 16.4 Å². The zero-order chi connectivity index (χ0) is 23.4. The number of hydrogen-bond acceptors (Lipinski definition) is 5. The van der Waals surface area contributed by atoms with Crippen molar-refractivity contribution < 1.29 is 4.79 Å². The summed E-state index contributed by atoms with van der Waals surface area (Å²) in [5.41, 5.74) is 10.7. The van der Waals surface area contributed by atoms with Crippen molar-refractivity contribution in [2.75, 3.05) is 12.4 Å². The summed E-state index contributed by atoms with van der Waals surface area (Å²) in [6.45, 7) is 6.79. The minimum atomic E-state index is -0.487. The molecule has 170 valence electrons. The Bertz CT molecular complexity index is 1370. The first-order valence-electron chi connectivity index (χ1n) is 11.4. The number of aromatic nitrogens is 3. The molecule has 4 aromatic rings. The number of nitrogens with two attached hydrogens (primary N) is 1. The molecule has 1 aliphatic rings. The van der Waals surface area contributed by atoms with Crippen LogP contribution < -0.4 is 16.4 Å². The maximum Gasteiger partial charge on any atom is 0.252 e. The van der Waals surface area contributed by atoms with Gasteiger partial charge in [-0.05, 0) is 56.6 Å². The van der Waals surface area contributed by atoms with Crippen molar-refractivity contribution in [2.24, 2.45) is 11.1 Å². The van der Waals surface area contributed by atoms with Gasteiger partial charge in [-0.25, -0.2) is 4.52 Å². The van der Waals surface area contributed by atoms with Crippen LogP contribution in [0.1, 0.15) is 44.0 Å². The van der Waals surface area contributed by atoms with Crippen LogP contribution in [0.2, 0.25) is 0 Å². The normalized spacial score (nSPS) is 22.1. The Morgan fingerprint density at radius 1 is 1.18 bits per heavy atom. The van der Waals surface area contributed by atoms with Crippen molar-refractivity contribution in [1.29, 1.82) is 0 Å². The second kappa shape index (κ2) is 7.56. The van der Waals surface area contributed by atoms with Crippen molar-refractivity contribution in [3.05, 3.63) is 60.6 Å². The van der Waals surface area contributed by atoms with Gasteiger partial charge >= 0.3 is 0 Å². The average molecular weight is 443 g/mol. The Kier molecular flexibility index (Phi) is 4.90. The summed E-state index contributed by atoms with van der Waals surface area (Å²) in [6, 6.07) is 12.4. The maximum absolute atomic E-state index is 12.3. The monoisotopic (exact) mass is 442 g/mol. The van der Waals surface area contributed by atoms with Crippen LogP contribution in [0, 0.1) is 5.41 Å². The molecule has 1 aliphatic carbocycles. The molecule has 1 amide bonds. The second-order valence-corrected chi connectivity index (χ2v) is 9.81. The molecule has 4 N–H and O–H groups in total. The summed E-state index contributed by atoms with van der Waals surface area (Å²) in [4.78, 5) is 16.7. The number of hydrogen-bond donors (Lipinski definition) is 3. The molecule has 0 aliphatic heterocycles. The van der Waals surface area contributed by atoms with Crippen LogP contribution in [-0.2, 0) is 0 Å². The van der Waals surface area contributed by atoms with Crippen molar-refractivity contribution in [3.63, 3.8) is 0 Å². The van der Waals surface area contributed by atoms with Gasteiger partial charge in [0.15, 0.2) is 0 Å². The van der Waals surface area contributed by atoms with E-state index in [1.807, 2.05) is 29.9 Å². The molecule has 1 unspecified atom stereocenters. The van der Waals surface area contributed by atoms with Crippen LogP contribution in [-0.4, -0.2) is 39.1 Å². The number of primary amides is 1. The van der Waals surface area contributed by atoms with Crippen molar-refractivity contribution in [3.8, 4) is 11.1 Å². The third-order valence-corrected chi connectivity index (χ3v) is 7.94. The molecule has 7 nitrogen and oxygen atoms in total. The zero-order valence-corrected chi connectivity index (χ0v) is 19.5. The molecule has 1 saturated carbocycles. The Morgan fingerprint density at radius 2 is 2.00 bits per heavy atom. The summed E-state index contributed by atoms with van der Waals surface area (Å²) in [6.07, 6.45) is 7.37. The molecule has 5 rings (SSSR count). The molecular formula is C26H30N6O. The van der Waals surface area contributed by atoms with Gasteiger partial charge in [-0.2, -0.15) is 5.10 Å². The molecule has 3 heterocycles. The summed E-state index contributed by atoms with van der Waals surface area (Å²) in [7, 11) is 2.02. The number of carbonyl (C=O) groups is 1. The van der Waals surface area contributed by atoms with E-state index in [1.54, 1.807) is 12.4 Å². The molecular weight excluding hydrogens is 412 g/mol. The lowest BCUT2D eigenvalue weighted by molar-refractivity contribution is 0.100. The number of rotatable bonds is 5. The molecule has 0 saturated heterocycles. The fraction of sp³-hybridized carbons (Fsp3) is 0.346. The van der Waals surface area contributed by atoms with Gasteiger partial charge in [0.25, 0.3) is 5.91 Å². The SMILES string of the molecule is CNC1(C)CC[C@@H](Nc2c(C(N)=O)cnn3cc(-c4ccc5ncccc5c4)cc23)C1(C)C. The number of fused-ring (bicyclic) bond motifs is 2. The minimum Gasteiger partial charge on any atom is -0.379 e. The van der Waals surface area contributed by atoms with Crippen LogP contribution in [0.5, 0.6) is 0 Å². The van der Waals surface area contributed by atoms with E-state index in [-0.39, 0.29) is 17.0 Å². The van der Waals surface area contributed by atoms with Crippen molar-refractivity contribution in [1.82, 2.24) is 19.9 Å². The lowest BCUT2D eigenvalue weighted by Crippen LogP contribution is -2.53. The first kappa shape index (κ1) is 21.4. The van der Waals surface area contributed by atoms with Gasteiger partial charge in [0.1, 0.15) is 0 Å². The second-order valence-electron chi connectivity index (χ2n) is 9.81. The summed E-state index contributed by atoms with van der Waals surface area (Å²) in [5, 5.41) is 12.8. The first-order valence-corrected chi connectivity index (χ1v) is 11.4. The number of anilines is 1. The molecule has 7 heteroatoms. The van der Waals surface area contributed by atoms with Gasteiger partial charge in [0, 0.05) is 40.3 Å². The lowest BCUT2D eigenvalue weighted by Gasteiger charge is -2.42. The Hall–Kier alpha value is -3.45. The van der Waals surface area contributed by atoms with Crippen LogP contribution >= 0.6 is 0 Å². The maximum atomic E-state index is 12.3. The largest absolute Gasteiger partial charge is 0.379 e. The van der Waals surface area contributed by atoms with E-state index in [0.717, 1.165) is 46.1 Å². The summed E-state index contributed by atoms with van der Waals surface area (Å²) >= 11 is 0. The molecule has 33 heavy (non-hydrogen) atoms. The van der Waals surface area contributed by atoms with E-state index in [0.29, 0.717) is 5.56 Å². The molecule has 2 atom stereocenters. The molecule has 1 fully saturated rings. The zero-order valence-electron chi connectivity index (χ0n) is 19.5. The predicted molar refractivity (Wildman–Crippen MR) is 132 cm³/mol. The third kappa shape index (κ3) is 3.35. The number of nitrogens with one attached hydrogen (secondary N) is 2. The van der Waals surface area contributed by atoms with Gasteiger partial charge in [-0.15, -0.1) is 0 Å². The summed E-state index contributed by atoms with van der Waals surface area (Å²) < 4.78 is 1.82. The van der Waals surface area contributed by atoms with E-state index in [1.165, 1.54) is 0 Å². The Balaban J connectivity index is 1.61. The number of benzene rings is 1. The molecule has 0 radical (unpaired) electrons. The smallest absolute Gasteiger partial charge is 0.252 e. The van der Waals surface area contributed by atoms with Crippen molar-refractivity contribution >= 4 is 28.0 Å². The van der Waals surface area contributed by atoms with E-state index in [9.17, 15) is 4.79 Å². The minimum absolute atomic E-state index is 0.00679. The van der Waals surface area contributed by atoms with Gasteiger partial charge in [-0.3, -0.25) is 9.78 Å². The highest BCUT2D eigenvalue weighted by atomic mass is 16.1. The van der Waals surface area contributed by atoms with Gasteiger partial charge in [-0.1, -0.05) is 26.0 Å². The van der Waals surface area contributed by atoms with E-state index in [2.05, 4.69) is 65.8 Å². The predicted octanol–water partition coefficient (Wildman–Crippen LogP) is 4.23. The van der Waals surface area contributed by atoms with Crippen LogP contribution in [0.15, 0.2) is 55.0 Å². The van der Waals surface area contributed by atoms with Crippen molar-refractivity contribution in [2.45, 2.75) is 45.2 Å². The number of amides is 1. The van der Waals surface area contributed by atoms with E-state index < -0.39 is 5.91 Å². The van der Waals surface area contributed by atoms with E-state index >= 15 is 0 Å². The molecule has 3 aromatic heterocycles. The van der Waals surface area contributed by atoms with Crippen LogP contribution in [0.4, 0.5) is 5.69 Å². The highest BCUT2D eigenvalue weighted by Gasteiger charge is 2.51. The summed E-state index contributed by atoms with van der Waals surface area (Å²) in [5.74, 6) is -0.487. The molecule has 0 spiro atoms. The van der Waals surface area contributed by atoms with Crippen LogP contribution in [0.3, 0.4) is 0 Å². The van der Waals surface area contributed by atoms with E-state index in [4.69, 9.17) is 5.73 Å².